The van der Waals surface area contributed by atoms with Gasteiger partial charge in [-0.05, 0) is 48.6 Å². The highest BCUT2D eigenvalue weighted by Crippen LogP contribution is 2.23. The van der Waals surface area contributed by atoms with Crippen LogP contribution in [0.2, 0.25) is 0 Å². The van der Waals surface area contributed by atoms with E-state index in [9.17, 15) is 4.79 Å². The first kappa shape index (κ1) is 16.5. The third-order valence-electron chi connectivity index (χ3n) is 4.85. The standard InChI is InChI=1S/C21H21N3O2/c25-21(17-6-5-15-3-1-2-4-16(15)13-17)24-18-7-9-19(10-8-18)26-20-14-22-11-12-23-20/h1-6,11-14,18-19H,7-10H2,(H,24,25). The van der Waals surface area contributed by atoms with Crippen LogP contribution in [0.25, 0.3) is 10.8 Å². The molecule has 0 spiro atoms. The number of ether oxygens (including phenoxy) is 1. The molecule has 132 valence electrons. The summed E-state index contributed by atoms with van der Waals surface area (Å²) < 4.78 is 5.86. The van der Waals surface area contributed by atoms with Gasteiger partial charge >= 0.3 is 0 Å². The molecule has 3 aromatic rings. The maximum atomic E-state index is 12.6. The van der Waals surface area contributed by atoms with Crippen molar-refractivity contribution in [1.29, 1.82) is 0 Å². The largest absolute Gasteiger partial charge is 0.473 e. The third-order valence-corrected chi connectivity index (χ3v) is 4.85. The zero-order chi connectivity index (χ0) is 17.8. The molecular weight excluding hydrogens is 326 g/mol. The first-order chi connectivity index (χ1) is 12.8. The molecule has 5 nitrogen and oxygen atoms in total. The van der Waals surface area contributed by atoms with Crippen molar-refractivity contribution < 1.29 is 9.53 Å². The Bertz CT molecular complexity index is 890. The molecule has 4 rings (SSSR count). The van der Waals surface area contributed by atoms with Gasteiger partial charge in [-0.15, -0.1) is 0 Å². The lowest BCUT2D eigenvalue weighted by Crippen LogP contribution is -2.39. The van der Waals surface area contributed by atoms with Crippen molar-refractivity contribution in [2.24, 2.45) is 0 Å². The highest BCUT2D eigenvalue weighted by molar-refractivity contribution is 5.98. The molecule has 1 aromatic heterocycles. The summed E-state index contributed by atoms with van der Waals surface area (Å²) in [4.78, 5) is 20.7. The SMILES string of the molecule is O=C(NC1CCC(Oc2cnccn2)CC1)c1ccc2ccccc2c1. The molecule has 1 heterocycles. The maximum absolute atomic E-state index is 12.6. The second-order valence-corrected chi connectivity index (χ2v) is 6.67. The monoisotopic (exact) mass is 347 g/mol. The number of benzene rings is 2. The van der Waals surface area contributed by atoms with Gasteiger partial charge in [0.15, 0.2) is 0 Å². The smallest absolute Gasteiger partial charge is 0.251 e. The molecule has 5 heteroatoms. The zero-order valence-corrected chi connectivity index (χ0v) is 14.5. The summed E-state index contributed by atoms with van der Waals surface area (Å²) >= 11 is 0. The van der Waals surface area contributed by atoms with E-state index in [2.05, 4.69) is 21.4 Å². The predicted octanol–water partition coefficient (Wildman–Crippen LogP) is 3.75. The first-order valence-electron chi connectivity index (χ1n) is 9.00. The molecule has 1 saturated carbocycles. The number of carbonyl (C=O) groups excluding carboxylic acids is 1. The number of rotatable bonds is 4. The van der Waals surface area contributed by atoms with E-state index in [0.717, 1.165) is 36.5 Å². The van der Waals surface area contributed by atoms with Crippen molar-refractivity contribution in [3.63, 3.8) is 0 Å². The van der Waals surface area contributed by atoms with Crippen molar-refractivity contribution in [1.82, 2.24) is 15.3 Å². The van der Waals surface area contributed by atoms with Crippen LogP contribution >= 0.6 is 0 Å². The molecule has 1 aliphatic carbocycles. The van der Waals surface area contributed by atoms with E-state index in [1.165, 1.54) is 0 Å². The fourth-order valence-electron chi connectivity index (χ4n) is 3.44. The molecule has 0 aliphatic heterocycles. The summed E-state index contributed by atoms with van der Waals surface area (Å²) in [6.07, 6.45) is 8.65. The van der Waals surface area contributed by atoms with E-state index in [1.807, 2.05) is 36.4 Å². The number of nitrogens with zero attached hydrogens (tertiary/aromatic N) is 2. The van der Waals surface area contributed by atoms with Crippen LogP contribution in [0, 0.1) is 0 Å². The lowest BCUT2D eigenvalue weighted by Gasteiger charge is -2.29. The maximum Gasteiger partial charge on any atom is 0.251 e. The van der Waals surface area contributed by atoms with Gasteiger partial charge < -0.3 is 10.1 Å². The number of hydrogen-bond acceptors (Lipinski definition) is 4. The molecule has 1 amide bonds. The van der Waals surface area contributed by atoms with Crippen molar-refractivity contribution in [2.45, 2.75) is 37.8 Å². The van der Waals surface area contributed by atoms with E-state index in [-0.39, 0.29) is 18.1 Å². The number of aromatic nitrogens is 2. The Morgan fingerprint density at radius 2 is 1.81 bits per heavy atom. The Morgan fingerprint density at radius 3 is 2.58 bits per heavy atom. The van der Waals surface area contributed by atoms with E-state index in [0.29, 0.717) is 11.4 Å². The number of hydrogen-bond donors (Lipinski definition) is 1. The van der Waals surface area contributed by atoms with Gasteiger partial charge in [-0.3, -0.25) is 9.78 Å². The van der Waals surface area contributed by atoms with Gasteiger partial charge in [0.2, 0.25) is 5.88 Å². The predicted molar refractivity (Wildman–Crippen MR) is 100 cm³/mol. The van der Waals surface area contributed by atoms with Crippen LogP contribution in [-0.2, 0) is 0 Å². The van der Waals surface area contributed by atoms with Crippen LogP contribution in [0.5, 0.6) is 5.88 Å². The fourth-order valence-corrected chi connectivity index (χ4v) is 3.44. The van der Waals surface area contributed by atoms with Crippen LogP contribution < -0.4 is 10.1 Å². The summed E-state index contributed by atoms with van der Waals surface area (Å²) in [6.45, 7) is 0. The van der Waals surface area contributed by atoms with E-state index >= 15 is 0 Å². The molecule has 0 unspecified atom stereocenters. The molecule has 1 fully saturated rings. The minimum Gasteiger partial charge on any atom is -0.473 e. The van der Waals surface area contributed by atoms with E-state index < -0.39 is 0 Å². The van der Waals surface area contributed by atoms with E-state index in [1.54, 1.807) is 18.6 Å². The summed E-state index contributed by atoms with van der Waals surface area (Å²) in [5, 5.41) is 5.39. The van der Waals surface area contributed by atoms with Gasteiger partial charge in [0.25, 0.3) is 5.91 Å². The van der Waals surface area contributed by atoms with Crippen molar-refractivity contribution in [3.8, 4) is 5.88 Å². The Labute approximate surface area is 152 Å². The molecule has 0 saturated heterocycles. The van der Waals surface area contributed by atoms with Crippen molar-refractivity contribution >= 4 is 16.7 Å². The third kappa shape index (κ3) is 3.82. The van der Waals surface area contributed by atoms with Gasteiger partial charge in [0.1, 0.15) is 6.10 Å². The molecule has 1 N–H and O–H groups in total. The topological polar surface area (TPSA) is 64.1 Å². The van der Waals surface area contributed by atoms with Crippen LogP contribution in [0.3, 0.4) is 0 Å². The molecule has 0 bridgehead atoms. The Kier molecular flexibility index (Phi) is 4.78. The van der Waals surface area contributed by atoms with Gasteiger partial charge in [-0.2, -0.15) is 0 Å². The van der Waals surface area contributed by atoms with Gasteiger partial charge in [0, 0.05) is 24.0 Å². The van der Waals surface area contributed by atoms with Crippen LogP contribution in [-0.4, -0.2) is 28.0 Å². The lowest BCUT2D eigenvalue weighted by atomic mass is 9.92. The summed E-state index contributed by atoms with van der Waals surface area (Å²) in [5.41, 5.74) is 0.710. The van der Waals surface area contributed by atoms with Gasteiger partial charge in [0.05, 0.1) is 6.20 Å². The lowest BCUT2D eigenvalue weighted by molar-refractivity contribution is 0.0890. The quantitative estimate of drug-likeness (QED) is 0.781. The number of fused-ring (bicyclic) bond motifs is 1. The molecule has 1 aliphatic rings. The average molecular weight is 347 g/mol. The average Bonchev–Trinajstić information content (AvgIpc) is 2.70. The minimum absolute atomic E-state index is 0.00551. The van der Waals surface area contributed by atoms with Gasteiger partial charge in [-0.25, -0.2) is 4.98 Å². The molecule has 2 aromatic carbocycles. The second kappa shape index (κ2) is 7.52. The molecule has 0 atom stereocenters. The summed E-state index contributed by atoms with van der Waals surface area (Å²) in [6, 6.07) is 14.1. The molecule has 0 radical (unpaired) electrons. The number of nitrogens with one attached hydrogen (secondary N) is 1. The Balaban J connectivity index is 1.32. The normalized spacial score (nSPS) is 19.8. The Morgan fingerprint density at radius 1 is 1.00 bits per heavy atom. The summed E-state index contributed by atoms with van der Waals surface area (Å²) in [7, 11) is 0. The molecular formula is C21H21N3O2. The second-order valence-electron chi connectivity index (χ2n) is 6.67. The zero-order valence-electron chi connectivity index (χ0n) is 14.5. The van der Waals surface area contributed by atoms with Crippen molar-refractivity contribution in [2.75, 3.05) is 0 Å². The Hall–Kier alpha value is -2.95. The number of amides is 1. The first-order valence-corrected chi connectivity index (χ1v) is 9.00. The van der Waals surface area contributed by atoms with Crippen LogP contribution in [0.4, 0.5) is 0 Å². The minimum atomic E-state index is -0.00551. The highest BCUT2D eigenvalue weighted by Gasteiger charge is 2.24. The van der Waals surface area contributed by atoms with Crippen molar-refractivity contribution in [3.05, 3.63) is 66.6 Å². The highest BCUT2D eigenvalue weighted by atomic mass is 16.5. The van der Waals surface area contributed by atoms with Crippen LogP contribution in [0.1, 0.15) is 36.0 Å². The summed E-state index contributed by atoms with van der Waals surface area (Å²) in [5.74, 6) is 0.560. The van der Waals surface area contributed by atoms with Crippen LogP contribution in [0.15, 0.2) is 61.1 Å². The fraction of sp³-hybridized carbons (Fsp3) is 0.286. The molecule has 26 heavy (non-hydrogen) atoms. The van der Waals surface area contributed by atoms with Gasteiger partial charge in [-0.1, -0.05) is 30.3 Å². The number of carbonyl (C=O) groups is 1. The van der Waals surface area contributed by atoms with E-state index in [4.69, 9.17) is 4.74 Å².